The Bertz CT molecular complexity index is 555. The fourth-order valence-electron chi connectivity index (χ4n) is 1.26. The molecule has 0 atom stereocenters. The smallest absolute Gasteiger partial charge is 0.235 e. The van der Waals surface area contributed by atoms with E-state index in [0.29, 0.717) is 5.95 Å². The van der Waals surface area contributed by atoms with Gasteiger partial charge in [0.2, 0.25) is 5.95 Å². The van der Waals surface area contributed by atoms with Gasteiger partial charge in [0.1, 0.15) is 6.33 Å². The van der Waals surface area contributed by atoms with Gasteiger partial charge >= 0.3 is 0 Å². The largest absolute Gasteiger partial charge is 0.274 e. The van der Waals surface area contributed by atoms with Crippen molar-refractivity contribution in [3.8, 4) is 5.95 Å². The molecular formula is C9H6N4S. The van der Waals surface area contributed by atoms with Crippen LogP contribution in [0.5, 0.6) is 0 Å². The molecule has 0 radical (unpaired) electrons. The SMILES string of the molecule is c1cn(-c2ncc3sccc3n2)cn1. The Morgan fingerprint density at radius 3 is 3.21 bits per heavy atom. The van der Waals surface area contributed by atoms with Crippen molar-refractivity contribution < 1.29 is 0 Å². The van der Waals surface area contributed by atoms with Crippen LogP contribution >= 0.6 is 11.3 Å². The fourth-order valence-corrected chi connectivity index (χ4v) is 1.95. The highest BCUT2D eigenvalue weighted by Gasteiger charge is 2.01. The van der Waals surface area contributed by atoms with E-state index in [0.717, 1.165) is 10.2 Å². The second-order valence-corrected chi connectivity index (χ2v) is 3.76. The van der Waals surface area contributed by atoms with Crippen LogP contribution < -0.4 is 0 Å². The standard InChI is InChI=1S/C9H6N4S/c1-4-14-8-5-11-9(12-7(1)8)13-3-2-10-6-13/h1-6H. The van der Waals surface area contributed by atoms with Gasteiger partial charge in [0.15, 0.2) is 0 Å². The van der Waals surface area contributed by atoms with E-state index in [1.165, 1.54) is 0 Å². The highest BCUT2D eigenvalue weighted by molar-refractivity contribution is 7.17. The third-order valence-electron chi connectivity index (χ3n) is 1.93. The summed E-state index contributed by atoms with van der Waals surface area (Å²) in [7, 11) is 0. The van der Waals surface area contributed by atoms with Crippen molar-refractivity contribution in [2.24, 2.45) is 0 Å². The molecule has 14 heavy (non-hydrogen) atoms. The van der Waals surface area contributed by atoms with Crippen LogP contribution in [0.3, 0.4) is 0 Å². The quantitative estimate of drug-likeness (QED) is 0.605. The molecule has 0 saturated heterocycles. The Morgan fingerprint density at radius 1 is 1.36 bits per heavy atom. The zero-order chi connectivity index (χ0) is 9.38. The van der Waals surface area contributed by atoms with Crippen LogP contribution in [0.1, 0.15) is 0 Å². The summed E-state index contributed by atoms with van der Waals surface area (Å²) in [5.74, 6) is 0.661. The van der Waals surface area contributed by atoms with Crippen LogP contribution in [-0.4, -0.2) is 19.5 Å². The van der Waals surface area contributed by atoms with Gasteiger partial charge in [-0.1, -0.05) is 0 Å². The highest BCUT2D eigenvalue weighted by atomic mass is 32.1. The molecule has 4 nitrogen and oxygen atoms in total. The molecule has 0 aliphatic carbocycles. The van der Waals surface area contributed by atoms with Crippen molar-refractivity contribution in [3.63, 3.8) is 0 Å². The third-order valence-corrected chi connectivity index (χ3v) is 2.77. The summed E-state index contributed by atoms with van der Waals surface area (Å²) in [5.41, 5.74) is 0.980. The van der Waals surface area contributed by atoms with Gasteiger partial charge in [-0.25, -0.2) is 15.0 Å². The van der Waals surface area contributed by atoms with Crippen molar-refractivity contribution in [2.75, 3.05) is 0 Å². The maximum Gasteiger partial charge on any atom is 0.235 e. The molecule has 3 heterocycles. The molecule has 0 aliphatic heterocycles. The van der Waals surface area contributed by atoms with E-state index >= 15 is 0 Å². The van der Waals surface area contributed by atoms with Gasteiger partial charge in [-0.2, -0.15) is 0 Å². The molecule has 0 spiro atoms. The summed E-state index contributed by atoms with van der Waals surface area (Å²) in [4.78, 5) is 12.6. The van der Waals surface area contributed by atoms with Crippen LogP contribution in [0.15, 0.2) is 36.4 Å². The lowest BCUT2D eigenvalue weighted by Crippen LogP contribution is -1.96. The lowest BCUT2D eigenvalue weighted by atomic mass is 10.5. The van der Waals surface area contributed by atoms with E-state index in [2.05, 4.69) is 15.0 Å². The van der Waals surface area contributed by atoms with E-state index in [1.54, 1.807) is 28.4 Å². The van der Waals surface area contributed by atoms with E-state index in [4.69, 9.17) is 0 Å². The fraction of sp³-hybridized carbons (Fsp3) is 0. The Morgan fingerprint density at radius 2 is 2.36 bits per heavy atom. The molecule has 3 aromatic heterocycles. The molecule has 0 bridgehead atoms. The number of rotatable bonds is 1. The van der Waals surface area contributed by atoms with Gasteiger partial charge in [0, 0.05) is 12.4 Å². The molecular weight excluding hydrogens is 196 g/mol. The Kier molecular flexibility index (Phi) is 1.57. The van der Waals surface area contributed by atoms with Crippen LogP contribution in [0.2, 0.25) is 0 Å². The predicted octanol–water partition coefficient (Wildman–Crippen LogP) is 1.88. The van der Waals surface area contributed by atoms with Crippen LogP contribution in [-0.2, 0) is 0 Å². The first-order chi connectivity index (χ1) is 6.93. The van der Waals surface area contributed by atoms with Crippen molar-refractivity contribution in [1.82, 2.24) is 19.5 Å². The van der Waals surface area contributed by atoms with Gasteiger partial charge in [-0.05, 0) is 11.4 Å². The second-order valence-electron chi connectivity index (χ2n) is 2.81. The number of hydrogen-bond donors (Lipinski definition) is 0. The molecule has 0 aliphatic rings. The molecule has 0 fully saturated rings. The van der Waals surface area contributed by atoms with E-state index in [-0.39, 0.29) is 0 Å². The number of aromatic nitrogens is 4. The van der Waals surface area contributed by atoms with E-state index in [9.17, 15) is 0 Å². The van der Waals surface area contributed by atoms with Gasteiger partial charge in [-0.15, -0.1) is 11.3 Å². The summed E-state index contributed by atoms with van der Waals surface area (Å²) in [6.45, 7) is 0. The third kappa shape index (κ3) is 1.10. The molecule has 5 heteroatoms. The maximum absolute atomic E-state index is 4.40. The normalized spacial score (nSPS) is 10.9. The zero-order valence-corrected chi connectivity index (χ0v) is 7.98. The first-order valence-electron chi connectivity index (χ1n) is 4.12. The average Bonchev–Trinajstić information content (AvgIpc) is 2.88. The van der Waals surface area contributed by atoms with Crippen LogP contribution in [0.4, 0.5) is 0 Å². The Hall–Kier alpha value is -1.75. The molecule has 68 valence electrons. The molecule has 3 rings (SSSR count). The Balaban J connectivity index is 2.23. The van der Waals surface area contributed by atoms with Gasteiger partial charge < -0.3 is 0 Å². The minimum Gasteiger partial charge on any atom is -0.274 e. The summed E-state index contributed by atoms with van der Waals surface area (Å²) in [5, 5.41) is 2.01. The number of fused-ring (bicyclic) bond motifs is 1. The summed E-state index contributed by atoms with van der Waals surface area (Å²) < 4.78 is 2.89. The monoisotopic (exact) mass is 202 g/mol. The lowest BCUT2D eigenvalue weighted by molar-refractivity contribution is 0.942. The van der Waals surface area contributed by atoms with Crippen LogP contribution in [0.25, 0.3) is 16.2 Å². The molecule has 0 aromatic carbocycles. The number of imidazole rings is 1. The predicted molar refractivity (Wildman–Crippen MR) is 54.5 cm³/mol. The highest BCUT2D eigenvalue weighted by Crippen LogP contribution is 2.17. The number of hydrogen-bond acceptors (Lipinski definition) is 4. The molecule has 0 N–H and O–H groups in total. The van der Waals surface area contributed by atoms with Crippen molar-refractivity contribution in [1.29, 1.82) is 0 Å². The average molecular weight is 202 g/mol. The number of thiophene rings is 1. The van der Waals surface area contributed by atoms with Gasteiger partial charge in [0.05, 0.1) is 16.4 Å². The minimum absolute atomic E-state index is 0.661. The molecule has 0 unspecified atom stereocenters. The van der Waals surface area contributed by atoms with E-state index < -0.39 is 0 Å². The van der Waals surface area contributed by atoms with Crippen molar-refractivity contribution >= 4 is 21.6 Å². The van der Waals surface area contributed by atoms with Crippen molar-refractivity contribution in [3.05, 3.63) is 36.4 Å². The molecule has 0 saturated carbocycles. The van der Waals surface area contributed by atoms with Gasteiger partial charge in [0.25, 0.3) is 0 Å². The Labute approximate surface area is 83.9 Å². The number of nitrogens with zero attached hydrogens (tertiary/aromatic N) is 4. The lowest BCUT2D eigenvalue weighted by Gasteiger charge is -1.98. The maximum atomic E-state index is 4.40. The van der Waals surface area contributed by atoms with E-state index in [1.807, 2.05) is 23.8 Å². The zero-order valence-electron chi connectivity index (χ0n) is 7.16. The summed E-state index contributed by atoms with van der Waals surface area (Å²) in [6, 6.07) is 1.99. The van der Waals surface area contributed by atoms with Crippen LogP contribution in [0, 0.1) is 0 Å². The molecule has 0 amide bonds. The topological polar surface area (TPSA) is 43.6 Å². The first-order valence-corrected chi connectivity index (χ1v) is 5.00. The summed E-state index contributed by atoms with van der Waals surface area (Å²) in [6.07, 6.45) is 7.06. The van der Waals surface area contributed by atoms with Gasteiger partial charge in [-0.3, -0.25) is 4.57 Å². The summed E-state index contributed by atoms with van der Waals surface area (Å²) >= 11 is 1.64. The molecule has 3 aromatic rings. The minimum atomic E-state index is 0.661. The first kappa shape index (κ1) is 7.64. The second kappa shape index (κ2) is 2.88. The van der Waals surface area contributed by atoms with Crippen molar-refractivity contribution in [2.45, 2.75) is 0 Å².